The third-order valence-electron chi connectivity index (χ3n) is 3.97. The Morgan fingerprint density at radius 1 is 1.28 bits per heavy atom. The van der Waals surface area contributed by atoms with Crippen LogP contribution in [0.15, 0.2) is 30.5 Å². The van der Waals surface area contributed by atoms with Gasteiger partial charge in [-0.05, 0) is 18.2 Å². The van der Waals surface area contributed by atoms with E-state index in [-0.39, 0.29) is 12.0 Å². The highest BCUT2D eigenvalue weighted by atomic mass is 16.5. The molecule has 0 saturated carbocycles. The lowest BCUT2D eigenvalue weighted by molar-refractivity contribution is 0.0765. The van der Waals surface area contributed by atoms with E-state index in [0.29, 0.717) is 24.7 Å². The molecule has 2 aromatic heterocycles. The SMILES string of the molecule is COc1ccc(C(=O)N2CC[C@@H](Oc3cccnc3N(C)C)C2)nn1. The van der Waals surface area contributed by atoms with Gasteiger partial charge in [0.2, 0.25) is 5.88 Å². The topological polar surface area (TPSA) is 80.7 Å². The summed E-state index contributed by atoms with van der Waals surface area (Å²) in [6.07, 6.45) is 2.42. The van der Waals surface area contributed by atoms with Gasteiger partial charge in [-0.3, -0.25) is 4.79 Å². The standard InChI is InChI=1S/C17H21N5O3/c1-21(2)16-14(5-4-9-18-16)25-12-8-10-22(11-12)17(23)13-6-7-15(24-3)20-19-13/h4-7,9,12H,8,10-11H2,1-3H3/t12-/m1/s1. The summed E-state index contributed by atoms with van der Waals surface area (Å²) >= 11 is 0. The van der Waals surface area contributed by atoms with Crippen LogP contribution in [0.1, 0.15) is 16.9 Å². The molecule has 1 amide bonds. The maximum absolute atomic E-state index is 12.5. The molecule has 0 N–H and O–H groups in total. The van der Waals surface area contributed by atoms with Gasteiger partial charge in [0.05, 0.1) is 13.7 Å². The molecule has 0 unspecified atom stereocenters. The minimum absolute atomic E-state index is 0.0712. The molecule has 0 aliphatic carbocycles. The summed E-state index contributed by atoms with van der Waals surface area (Å²) < 4.78 is 11.0. The second-order valence-electron chi connectivity index (χ2n) is 5.96. The van der Waals surface area contributed by atoms with Crippen molar-refractivity contribution in [2.24, 2.45) is 0 Å². The molecule has 25 heavy (non-hydrogen) atoms. The van der Waals surface area contributed by atoms with Crippen molar-refractivity contribution in [3.63, 3.8) is 0 Å². The molecule has 0 bridgehead atoms. The molecule has 3 heterocycles. The van der Waals surface area contributed by atoms with E-state index in [4.69, 9.17) is 9.47 Å². The van der Waals surface area contributed by atoms with E-state index in [1.54, 1.807) is 23.2 Å². The van der Waals surface area contributed by atoms with Crippen molar-refractivity contribution >= 4 is 11.7 Å². The van der Waals surface area contributed by atoms with Gasteiger partial charge in [-0.25, -0.2) is 4.98 Å². The fourth-order valence-corrected chi connectivity index (χ4v) is 2.70. The molecule has 1 aliphatic rings. The van der Waals surface area contributed by atoms with Gasteiger partial charge in [-0.15, -0.1) is 10.2 Å². The number of carbonyl (C=O) groups excluding carboxylic acids is 1. The number of hydrogen-bond donors (Lipinski definition) is 0. The van der Waals surface area contributed by atoms with E-state index in [0.717, 1.165) is 18.0 Å². The average Bonchev–Trinajstić information content (AvgIpc) is 3.10. The first-order valence-corrected chi connectivity index (χ1v) is 8.04. The molecule has 8 heteroatoms. The number of rotatable bonds is 5. The highest BCUT2D eigenvalue weighted by Crippen LogP contribution is 2.27. The van der Waals surface area contributed by atoms with Gasteiger partial charge in [0.25, 0.3) is 5.91 Å². The second-order valence-corrected chi connectivity index (χ2v) is 5.96. The van der Waals surface area contributed by atoms with E-state index in [9.17, 15) is 4.79 Å². The molecular formula is C17H21N5O3. The molecule has 0 radical (unpaired) electrons. The van der Waals surface area contributed by atoms with E-state index in [1.165, 1.54) is 7.11 Å². The largest absolute Gasteiger partial charge is 0.485 e. The van der Waals surface area contributed by atoms with Crippen LogP contribution in [0.2, 0.25) is 0 Å². The Kier molecular flexibility index (Phi) is 4.97. The predicted molar refractivity (Wildman–Crippen MR) is 92.1 cm³/mol. The minimum atomic E-state index is -0.153. The van der Waals surface area contributed by atoms with Crippen LogP contribution >= 0.6 is 0 Å². The van der Waals surface area contributed by atoms with Crippen LogP contribution < -0.4 is 14.4 Å². The summed E-state index contributed by atoms with van der Waals surface area (Å²) in [7, 11) is 5.35. The Hall–Kier alpha value is -2.90. The summed E-state index contributed by atoms with van der Waals surface area (Å²) in [5, 5.41) is 7.76. The van der Waals surface area contributed by atoms with E-state index in [2.05, 4.69) is 15.2 Å². The molecule has 1 fully saturated rings. The maximum Gasteiger partial charge on any atom is 0.274 e. The third-order valence-corrected chi connectivity index (χ3v) is 3.97. The Morgan fingerprint density at radius 3 is 2.80 bits per heavy atom. The van der Waals surface area contributed by atoms with Crippen molar-refractivity contribution in [1.82, 2.24) is 20.1 Å². The molecule has 1 aliphatic heterocycles. The first-order valence-electron chi connectivity index (χ1n) is 8.04. The smallest absolute Gasteiger partial charge is 0.274 e. The highest BCUT2D eigenvalue weighted by Gasteiger charge is 2.29. The van der Waals surface area contributed by atoms with Crippen molar-refractivity contribution in [2.75, 3.05) is 39.2 Å². The van der Waals surface area contributed by atoms with E-state index < -0.39 is 0 Å². The zero-order valence-corrected chi connectivity index (χ0v) is 14.5. The van der Waals surface area contributed by atoms with Crippen LogP contribution in [0.3, 0.4) is 0 Å². The van der Waals surface area contributed by atoms with Crippen molar-refractivity contribution in [1.29, 1.82) is 0 Å². The van der Waals surface area contributed by atoms with Gasteiger partial charge < -0.3 is 19.3 Å². The van der Waals surface area contributed by atoms with E-state index in [1.807, 2.05) is 31.1 Å². The van der Waals surface area contributed by atoms with Crippen LogP contribution in [0, 0.1) is 0 Å². The number of hydrogen-bond acceptors (Lipinski definition) is 7. The molecule has 2 aromatic rings. The van der Waals surface area contributed by atoms with Crippen molar-refractivity contribution in [3.8, 4) is 11.6 Å². The van der Waals surface area contributed by atoms with Crippen LogP contribution in [-0.4, -0.2) is 66.4 Å². The van der Waals surface area contributed by atoms with Gasteiger partial charge in [0, 0.05) is 39.3 Å². The van der Waals surface area contributed by atoms with Gasteiger partial charge >= 0.3 is 0 Å². The zero-order valence-electron chi connectivity index (χ0n) is 14.5. The lowest BCUT2D eigenvalue weighted by Gasteiger charge is -2.20. The zero-order chi connectivity index (χ0) is 17.8. The van der Waals surface area contributed by atoms with Gasteiger partial charge in [0.15, 0.2) is 17.3 Å². The second kappa shape index (κ2) is 7.33. The molecule has 3 rings (SSSR count). The normalized spacial score (nSPS) is 16.6. The van der Waals surface area contributed by atoms with Crippen LogP contribution in [0.5, 0.6) is 11.6 Å². The fourth-order valence-electron chi connectivity index (χ4n) is 2.70. The van der Waals surface area contributed by atoms with Crippen molar-refractivity contribution in [3.05, 3.63) is 36.2 Å². The Labute approximate surface area is 146 Å². The molecule has 0 aromatic carbocycles. The monoisotopic (exact) mass is 343 g/mol. The summed E-state index contributed by atoms with van der Waals surface area (Å²) in [5.41, 5.74) is 0.303. The lowest BCUT2D eigenvalue weighted by Crippen LogP contribution is -2.31. The summed E-state index contributed by atoms with van der Waals surface area (Å²) in [4.78, 5) is 20.5. The molecule has 8 nitrogen and oxygen atoms in total. The first kappa shape index (κ1) is 16.9. The summed E-state index contributed by atoms with van der Waals surface area (Å²) in [6, 6.07) is 6.98. The number of methoxy groups -OCH3 is 1. The van der Waals surface area contributed by atoms with Crippen molar-refractivity contribution < 1.29 is 14.3 Å². The number of carbonyl (C=O) groups is 1. The summed E-state index contributed by atoms with van der Waals surface area (Å²) in [5.74, 6) is 1.72. The number of likely N-dealkylation sites (tertiary alicyclic amines) is 1. The van der Waals surface area contributed by atoms with Crippen LogP contribution in [0.4, 0.5) is 5.82 Å². The molecule has 0 spiro atoms. The summed E-state index contributed by atoms with van der Waals surface area (Å²) in [6.45, 7) is 1.13. The highest BCUT2D eigenvalue weighted by molar-refractivity contribution is 5.92. The van der Waals surface area contributed by atoms with Crippen LogP contribution in [0.25, 0.3) is 0 Å². The molecule has 132 valence electrons. The number of amides is 1. The Bertz CT molecular complexity index is 735. The minimum Gasteiger partial charge on any atom is -0.485 e. The number of nitrogens with zero attached hydrogens (tertiary/aromatic N) is 5. The molecular weight excluding hydrogens is 322 g/mol. The van der Waals surface area contributed by atoms with Gasteiger partial charge in [0.1, 0.15) is 6.10 Å². The van der Waals surface area contributed by atoms with Crippen molar-refractivity contribution in [2.45, 2.75) is 12.5 Å². The number of ether oxygens (including phenoxy) is 2. The van der Waals surface area contributed by atoms with Crippen LogP contribution in [-0.2, 0) is 0 Å². The Morgan fingerprint density at radius 2 is 2.12 bits per heavy atom. The Balaban J connectivity index is 1.64. The van der Waals surface area contributed by atoms with E-state index >= 15 is 0 Å². The third kappa shape index (κ3) is 3.78. The average molecular weight is 343 g/mol. The number of pyridine rings is 1. The number of aromatic nitrogens is 3. The molecule has 1 saturated heterocycles. The maximum atomic E-state index is 12.5. The first-order chi connectivity index (χ1) is 12.1. The fraction of sp³-hybridized carbons (Fsp3) is 0.412. The van der Waals surface area contributed by atoms with Gasteiger partial charge in [-0.2, -0.15) is 0 Å². The lowest BCUT2D eigenvalue weighted by atomic mass is 10.3. The predicted octanol–water partition coefficient (Wildman–Crippen LogP) is 1.24. The number of anilines is 1. The molecule has 1 atom stereocenters. The van der Waals surface area contributed by atoms with Gasteiger partial charge in [-0.1, -0.05) is 0 Å². The quantitative estimate of drug-likeness (QED) is 0.808.